The molecule has 2 aromatic carbocycles. The third kappa shape index (κ3) is 3.77. The molecule has 0 atom stereocenters. The van der Waals surface area contributed by atoms with E-state index in [9.17, 15) is 19.5 Å². The number of benzene rings is 2. The lowest BCUT2D eigenvalue weighted by atomic mass is 10.1. The van der Waals surface area contributed by atoms with Crippen molar-refractivity contribution in [2.75, 3.05) is 25.7 Å². The second-order valence-corrected chi connectivity index (χ2v) is 6.13. The van der Waals surface area contributed by atoms with E-state index in [1.165, 1.54) is 32.4 Å². The number of methoxy groups -OCH3 is 2. The maximum absolute atomic E-state index is 13.1. The average Bonchev–Trinajstić information content (AvgIpc) is 2.73. The highest BCUT2D eigenvalue weighted by atomic mass is 16.5. The van der Waals surface area contributed by atoms with E-state index in [4.69, 9.17) is 14.2 Å². The molecule has 2 N–H and O–H groups in total. The van der Waals surface area contributed by atoms with Crippen molar-refractivity contribution in [3.8, 4) is 23.0 Å². The zero-order chi connectivity index (χ0) is 21.8. The number of carbonyl (C=O) groups excluding carboxylic acids is 3. The lowest BCUT2D eigenvalue weighted by Crippen LogP contribution is -2.54. The molecule has 1 fully saturated rings. The first-order valence-corrected chi connectivity index (χ1v) is 8.99. The normalized spacial score (nSPS) is 15.2. The van der Waals surface area contributed by atoms with Gasteiger partial charge in [0.25, 0.3) is 11.8 Å². The molecule has 0 aliphatic carbocycles. The van der Waals surface area contributed by atoms with Crippen LogP contribution in [0, 0.1) is 0 Å². The number of hydrogen-bond acceptors (Lipinski definition) is 7. The molecule has 0 radical (unpaired) electrons. The predicted octanol–water partition coefficient (Wildman–Crippen LogP) is 2.47. The zero-order valence-electron chi connectivity index (χ0n) is 16.6. The molecule has 4 amide bonds. The van der Waals surface area contributed by atoms with E-state index in [1.54, 1.807) is 31.2 Å². The summed E-state index contributed by atoms with van der Waals surface area (Å²) < 4.78 is 15.7. The average molecular weight is 412 g/mol. The Morgan fingerprint density at radius 3 is 2.27 bits per heavy atom. The van der Waals surface area contributed by atoms with Gasteiger partial charge in [-0.15, -0.1) is 0 Å². The number of barbiturate groups is 1. The molecule has 0 aromatic heterocycles. The van der Waals surface area contributed by atoms with Crippen LogP contribution < -0.4 is 24.4 Å². The highest BCUT2D eigenvalue weighted by molar-refractivity contribution is 6.39. The lowest BCUT2D eigenvalue weighted by Gasteiger charge is -2.27. The second-order valence-electron chi connectivity index (χ2n) is 6.13. The number of para-hydroxylation sites is 2. The molecule has 0 saturated carbocycles. The van der Waals surface area contributed by atoms with E-state index in [1.807, 2.05) is 0 Å². The number of carbonyl (C=O) groups is 3. The number of nitrogens with zero attached hydrogens (tertiary/aromatic N) is 1. The Kier molecular flexibility index (Phi) is 5.91. The third-order valence-electron chi connectivity index (χ3n) is 4.32. The number of anilines is 1. The molecule has 2 aromatic rings. The van der Waals surface area contributed by atoms with Crippen molar-refractivity contribution in [3.05, 3.63) is 47.5 Å². The molecule has 0 spiro atoms. The van der Waals surface area contributed by atoms with Crippen molar-refractivity contribution >= 4 is 29.6 Å². The molecule has 9 heteroatoms. The number of amides is 4. The maximum atomic E-state index is 13.1. The standard InChI is InChI=1S/C21H20N2O7/c1-4-30-15-8-6-5-7-14(15)23-20(26)13(19(25)22-21(23)27)9-12-10-16(28-2)18(24)17(11-12)29-3/h5-11,24H,4H2,1-3H3,(H,22,25,27)/b13-9+. The Labute approximate surface area is 172 Å². The number of rotatable bonds is 6. The Morgan fingerprint density at radius 1 is 1.03 bits per heavy atom. The van der Waals surface area contributed by atoms with Crippen LogP contribution in [0.5, 0.6) is 23.0 Å². The van der Waals surface area contributed by atoms with Crippen LogP contribution in [0.25, 0.3) is 6.08 Å². The predicted molar refractivity (Wildman–Crippen MR) is 108 cm³/mol. The number of aromatic hydroxyl groups is 1. The highest BCUT2D eigenvalue weighted by Crippen LogP contribution is 2.38. The van der Waals surface area contributed by atoms with Crippen molar-refractivity contribution in [2.24, 2.45) is 0 Å². The first-order chi connectivity index (χ1) is 14.4. The molecule has 30 heavy (non-hydrogen) atoms. The fourth-order valence-corrected chi connectivity index (χ4v) is 2.96. The molecule has 3 rings (SSSR count). The van der Waals surface area contributed by atoms with Crippen molar-refractivity contribution < 1.29 is 33.7 Å². The van der Waals surface area contributed by atoms with Crippen LogP contribution in [0.1, 0.15) is 12.5 Å². The van der Waals surface area contributed by atoms with E-state index >= 15 is 0 Å². The van der Waals surface area contributed by atoms with Crippen LogP contribution >= 0.6 is 0 Å². The lowest BCUT2D eigenvalue weighted by molar-refractivity contribution is -0.122. The van der Waals surface area contributed by atoms with E-state index < -0.39 is 17.8 Å². The summed E-state index contributed by atoms with van der Waals surface area (Å²) in [6, 6.07) is 8.50. The molecule has 0 unspecified atom stereocenters. The summed E-state index contributed by atoms with van der Waals surface area (Å²) in [4.78, 5) is 38.8. The number of urea groups is 1. The van der Waals surface area contributed by atoms with Crippen LogP contribution in [-0.2, 0) is 9.59 Å². The van der Waals surface area contributed by atoms with Gasteiger partial charge in [0.2, 0.25) is 5.75 Å². The van der Waals surface area contributed by atoms with Crippen LogP contribution in [0.3, 0.4) is 0 Å². The molecular formula is C21H20N2O7. The van der Waals surface area contributed by atoms with Gasteiger partial charge in [-0.2, -0.15) is 0 Å². The number of nitrogens with one attached hydrogen (secondary N) is 1. The number of phenolic OH excluding ortho intramolecular Hbond substituents is 1. The number of ether oxygens (including phenoxy) is 3. The van der Waals surface area contributed by atoms with Gasteiger partial charge in [0.05, 0.1) is 26.5 Å². The molecule has 1 aliphatic heterocycles. The summed E-state index contributed by atoms with van der Waals surface area (Å²) in [5, 5.41) is 12.2. The Balaban J connectivity index is 2.08. The third-order valence-corrected chi connectivity index (χ3v) is 4.32. The van der Waals surface area contributed by atoms with E-state index in [0.717, 1.165) is 4.90 Å². The van der Waals surface area contributed by atoms with Gasteiger partial charge in [-0.1, -0.05) is 12.1 Å². The molecule has 1 heterocycles. The largest absolute Gasteiger partial charge is 0.502 e. The van der Waals surface area contributed by atoms with Gasteiger partial charge in [0.1, 0.15) is 11.3 Å². The first-order valence-electron chi connectivity index (χ1n) is 8.99. The van der Waals surface area contributed by atoms with Gasteiger partial charge in [-0.3, -0.25) is 14.9 Å². The number of phenols is 1. The topological polar surface area (TPSA) is 114 Å². The Hall–Kier alpha value is -4.01. The Morgan fingerprint density at radius 2 is 1.67 bits per heavy atom. The summed E-state index contributed by atoms with van der Waals surface area (Å²) in [6.45, 7) is 2.10. The van der Waals surface area contributed by atoms with Gasteiger partial charge in [0.15, 0.2) is 11.5 Å². The zero-order valence-corrected chi connectivity index (χ0v) is 16.6. The van der Waals surface area contributed by atoms with Gasteiger partial charge >= 0.3 is 6.03 Å². The summed E-state index contributed by atoms with van der Waals surface area (Å²) in [5.74, 6) is -1.36. The summed E-state index contributed by atoms with van der Waals surface area (Å²) in [6.07, 6.45) is 1.28. The quantitative estimate of drug-likeness (QED) is 0.553. The molecule has 156 valence electrons. The SMILES string of the molecule is CCOc1ccccc1N1C(=O)NC(=O)/C(=C\c2cc(OC)c(O)c(OC)c2)C1=O. The minimum absolute atomic E-state index is 0.0968. The van der Waals surface area contributed by atoms with Crippen LogP contribution in [-0.4, -0.2) is 43.8 Å². The molecule has 1 saturated heterocycles. The molecule has 0 bridgehead atoms. The fourth-order valence-electron chi connectivity index (χ4n) is 2.96. The molecular weight excluding hydrogens is 392 g/mol. The monoisotopic (exact) mass is 412 g/mol. The van der Waals surface area contributed by atoms with E-state index in [0.29, 0.717) is 17.9 Å². The summed E-state index contributed by atoms with van der Waals surface area (Å²) in [7, 11) is 2.71. The van der Waals surface area contributed by atoms with Gasteiger partial charge in [-0.05, 0) is 42.8 Å². The van der Waals surface area contributed by atoms with Gasteiger partial charge in [-0.25, -0.2) is 9.69 Å². The minimum atomic E-state index is -0.879. The van der Waals surface area contributed by atoms with Crippen molar-refractivity contribution in [1.29, 1.82) is 0 Å². The smallest absolute Gasteiger partial charge is 0.336 e. The Bertz CT molecular complexity index is 1020. The molecule has 9 nitrogen and oxygen atoms in total. The summed E-state index contributed by atoms with van der Waals surface area (Å²) >= 11 is 0. The fraction of sp³-hybridized carbons (Fsp3) is 0.190. The highest BCUT2D eigenvalue weighted by Gasteiger charge is 2.38. The second kappa shape index (κ2) is 8.56. The summed E-state index contributed by atoms with van der Waals surface area (Å²) in [5.41, 5.74) is 0.282. The van der Waals surface area contributed by atoms with Crippen molar-refractivity contribution in [2.45, 2.75) is 6.92 Å². The minimum Gasteiger partial charge on any atom is -0.502 e. The van der Waals surface area contributed by atoms with Gasteiger partial charge in [0, 0.05) is 0 Å². The van der Waals surface area contributed by atoms with E-state index in [-0.39, 0.29) is 28.5 Å². The van der Waals surface area contributed by atoms with Crippen molar-refractivity contribution in [3.63, 3.8) is 0 Å². The number of hydrogen-bond donors (Lipinski definition) is 2. The van der Waals surface area contributed by atoms with Crippen molar-refractivity contribution in [1.82, 2.24) is 5.32 Å². The maximum Gasteiger partial charge on any atom is 0.336 e. The van der Waals surface area contributed by atoms with Crippen LogP contribution in [0.15, 0.2) is 42.0 Å². The first kappa shape index (κ1) is 20.7. The molecule has 1 aliphatic rings. The van der Waals surface area contributed by atoms with Crippen LogP contribution in [0.2, 0.25) is 0 Å². The van der Waals surface area contributed by atoms with Crippen LogP contribution in [0.4, 0.5) is 10.5 Å². The number of imide groups is 2. The van der Waals surface area contributed by atoms with Gasteiger partial charge < -0.3 is 19.3 Å². The van der Waals surface area contributed by atoms with E-state index in [2.05, 4.69) is 5.32 Å².